The molecule has 0 N–H and O–H groups in total. The first-order valence-electron chi connectivity index (χ1n) is 6.17. The Balaban J connectivity index is 1.99. The third kappa shape index (κ3) is 5.50. The number of rotatable bonds is 8. The fourth-order valence-electron chi connectivity index (χ4n) is 1.74. The van der Waals surface area contributed by atoms with Gasteiger partial charge < -0.3 is 14.2 Å². The lowest BCUT2D eigenvalue weighted by Crippen LogP contribution is -2.20. The van der Waals surface area contributed by atoms with Gasteiger partial charge in [-0.2, -0.15) is 0 Å². The van der Waals surface area contributed by atoms with Crippen molar-refractivity contribution in [3.05, 3.63) is 0 Å². The molecule has 0 radical (unpaired) electrons. The molecular formula is C12H24O3. The van der Waals surface area contributed by atoms with E-state index in [1.165, 1.54) is 0 Å². The van der Waals surface area contributed by atoms with E-state index in [1.807, 2.05) is 0 Å². The molecule has 0 aromatic carbocycles. The van der Waals surface area contributed by atoms with E-state index >= 15 is 0 Å². The second kappa shape index (κ2) is 8.08. The summed E-state index contributed by atoms with van der Waals surface area (Å²) in [5.41, 5.74) is 0. The Bertz CT molecular complexity index is 134. The first kappa shape index (κ1) is 12.9. The van der Waals surface area contributed by atoms with E-state index in [1.54, 1.807) is 0 Å². The van der Waals surface area contributed by atoms with Crippen LogP contribution in [0, 0.1) is 0 Å². The highest BCUT2D eigenvalue weighted by molar-refractivity contribution is 4.73. The number of hydrogen-bond acceptors (Lipinski definition) is 3. The quantitative estimate of drug-likeness (QED) is 0.583. The second-order valence-electron chi connectivity index (χ2n) is 4.11. The van der Waals surface area contributed by atoms with Crippen LogP contribution in [0.15, 0.2) is 0 Å². The lowest BCUT2D eigenvalue weighted by Gasteiger charge is -2.13. The molecule has 15 heavy (non-hydrogen) atoms. The standard InChI is InChI=1S/C12H24O3/c1-3-7-13-9-11-5-6-12(15-11)10-14-8-4-2/h11-12H,3-10H2,1-2H3/t11-,12+. The molecule has 0 aromatic heterocycles. The molecule has 0 bridgehead atoms. The van der Waals surface area contributed by atoms with E-state index in [2.05, 4.69) is 13.8 Å². The number of hydrogen-bond donors (Lipinski definition) is 0. The lowest BCUT2D eigenvalue weighted by molar-refractivity contribution is -0.0451. The zero-order valence-corrected chi connectivity index (χ0v) is 10.0. The fourth-order valence-corrected chi connectivity index (χ4v) is 1.74. The molecule has 3 nitrogen and oxygen atoms in total. The van der Waals surface area contributed by atoms with E-state index in [9.17, 15) is 0 Å². The molecule has 1 rings (SSSR count). The first-order chi connectivity index (χ1) is 7.36. The molecule has 0 amide bonds. The third-order valence-electron chi connectivity index (χ3n) is 2.50. The van der Waals surface area contributed by atoms with Crippen LogP contribution in [0.1, 0.15) is 39.5 Å². The molecule has 1 aliphatic rings. The summed E-state index contributed by atoms with van der Waals surface area (Å²) in [5.74, 6) is 0. The summed E-state index contributed by atoms with van der Waals surface area (Å²) in [6.45, 7) is 7.43. The zero-order chi connectivity index (χ0) is 10.9. The summed E-state index contributed by atoms with van der Waals surface area (Å²) >= 11 is 0. The normalized spacial score (nSPS) is 26.0. The molecule has 0 aliphatic carbocycles. The van der Waals surface area contributed by atoms with Crippen molar-refractivity contribution in [1.29, 1.82) is 0 Å². The van der Waals surface area contributed by atoms with Crippen LogP contribution in [0.4, 0.5) is 0 Å². The van der Waals surface area contributed by atoms with Crippen molar-refractivity contribution < 1.29 is 14.2 Å². The fraction of sp³-hybridized carbons (Fsp3) is 1.00. The average molecular weight is 216 g/mol. The average Bonchev–Trinajstić information content (AvgIpc) is 2.67. The predicted molar refractivity (Wildman–Crippen MR) is 60.1 cm³/mol. The van der Waals surface area contributed by atoms with Gasteiger partial charge in [-0.25, -0.2) is 0 Å². The molecule has 0 saturated carbocycles. The Hall–Kier alpha value is -0.120. The summed E-state index contributed by atoms with van der Waals surface area (Å²) in [6.07, 6.45) is 4.98. The maximum absolute atomic E-state index is 5.80. The lowest BCUT2D eigenvalue weighted by atomic mass is 10.2. The van der Waals surface area contributed by atoms with Gasteiger partial charge in [0.2, 0.25) is 0 Å². The van der Waals surface area contributed by atoms with Crippen LogP contribution in [-0.4, -0.2) is 38.6 Å². The number of ether oxygens (including phenoxy) is 3. The maximum Gasteiger partial charge on any atom is 0.0814 e. The first-order valence-corrected chi connectivity index (χ1v) is 6.17. The monoisotopic (exact) mass is 216 g/mol. The van der Waals surface area contributed by atoms with Gasteiger partial charge in [-0.15, -0.1) is 0 Å². The van der Waals surface area contributed by atoms with Gasteiger partial charge in [0.1, 0.15) is 0 Å². The SMILES string of the molecule is CCCOC[C@H]1CC[C@@H](COCCC)O1. The van der Waals surface area contributed by atoms with Crippen LogP contribution in [-0.2, 0) is 14.2 Å². The minimum atomic E-state index is 0.298. The minimum Gasteiger partial charge on any atom is -0.379 e. The second-order valence-corrected chi connectivity index (χ2v) is 4.11. The highest BCUT2D eigenvalue weighted by Gasteiger charge is 2.25. The Morgan fingerprint density at radius 1 is 0.933 bits per heavy atom. The van der Waals surface area contributed by atoms with Crippen LogP contribution in [0.25, 0.3) is 0 Å². The van der Waals surface area contributed by atoms with E-state index in [0.29, 0.717) is 12.2 Å². The third-order valence-corrected chi connectivity index (χ3v) is 2.50. The van der Waals surface area contributed by atoms with E-state index < -0.39 is 0 Å². The summed E-state index contributed by atoms with van der Waals surface area (Å²) in [7, 11) is 0. The molecular weight excluding hydrogens is 192 g/mol. The van der Waals surface area contributed by atoms with Gasteiger partial charge in [0, 0.05) is 13.2 Å². The molecule has 0 unspecified atom stereocenters. The zero-order valence-electron chi connectivity index (χ0n) is 10.0. The van der Waals surface area contributed by atoms with E-state index in [4.69, 9.17) is 14.2 Å². The Morgan fingerprint density at radius 2 is 1.40 bits per heavy atom. The van der Waals surface area contributed by atoms with Gasteiger partial charge in [-0.05, 0) is 25.7 Å². The van der Waals surface area contributed by atoms with Gasteiger partial charge in [0.05, 0.1) is 25.4 Å². The Morgan fingerprint density at radius 3 is 1.80 bits per heavy atom. The summed E-state index contributed by atoms with van der Waals surface area (Å²) in [5, 5.41) is 0. The van der Waals surface area contributed by atoms with Crippen LogP contribution < -0.4 is 0 Å². The largest absolute Gasteiger partial charge is 0.379 e. The molecule has 0 aromatic rings. The van der Waals surface area contributed by atoms with Crippen molar-refractivity contribution in [3.63, 3.8) is 0 Å². The van der Waals surface area contributed by atoms with Crippen LogP contribution in [0.2, 0.25) is 0 Å². The predicted octanol–water partition coefficient (Wildman–Crippen LogP) is 2.39. The van der Waals surface area contributed by atoms with Gasteiger partial charge in [0.25, 0.3) is 0 Å². The molecule has 1 heterocycles. The molecule has 0 spiro atoms. The smallest absolute Gasteiger partial charge is 0.0814 e. The Labute approximate surface area is 93.1 Å². The van der Waals surface area contributed by atoms with Gasteiger partial charge >= 0.3 is 0 Å². The Kier molecular flexibility index (Phi) is 6.98. The van der Waals surface area contributed by atoms with E-state index in [-0.39, 0.29) is 0 Å². The summed E-state index contributed by atoms with van der Waals surface area (Å²) < 4.78 is 16.8. The van der Waals surface area contributed by atoms with Crippen molar-refractivity contribution in [2.45, 2.75) is 51.7 Å². The summed E-state index contributed by atoms with van der Waals surface area (Å²) in [4.78, 5) is 0. The molecule has 1 aliphatic heterocycles. The highest BCUT2D eigenvalue weighted by Crippen LogP contribution is 2.20. The van der Waals surface area contributed by atoms with Crippen LogP contribution in [0.3, 0.4) is 0 Å². The summed E-state index contributed by atoms with van der Waals surface area (Å²) in [6, 6.07) is 0. The van der Waals surface area contributed by atoms with Crippen molar-refractivity contribution >= 4 is 0 Å². The van der Waals surface area contributed by atoms with Gasteiger partial charge in [-0.1, -0.05) is 13.8 Å². The van der Waals surface area contributed by atoms with Crippen molar-refractivity contribution in [1.82, 2.24) is 0 Å². The molecule has 2 atom stereocenters. The minimum absolute atomic E-state index is 0.298. The van der Waals surface area contributed by atoms with E-state index in [0.717, 1.165) is 52.1 Å². The van der Waals surface area contributed by atoms with Crippen LogP contribution in [0.5, 0.6) is 0 Å². The highest BCUT2D eigenvalue weighted by atomic mass is 16.6. The molecule has 1 saturated heterocycles. The molecule has 3 heteroatoms. The van der Waals surface area contributed by atoms with Crippen molar-refractivity contribution in [3.8, 4) is 0 Å². The van der Waals surface area contributed by atoms with Gasteiger partial charge in [-0.3, -0.25) is 0 Å². The molecule has 90 valence electrons. The van der Waals surface area contributed by atoms with Crippen LogP contribution >= 0.6 is 0 Å². The maximum atomic E-state index is 5.80. The van der Waals surface area contributed by atoms with Crippen molar-refractivity contribution in [2.75, 3.05) is 26.4 Å². The van der Waals surface area contributed by atoms with Crippen molar-refractivity contribution in [2.24, 2.45) is 0 Å². The molecule has 1 fully saturated rings. The topological polar surface area (TPSA) is 27.7 Å². The van der Waals surface area contributed by atoms with Gasteiger partial charge in [0.15, 0.2) is 0 Å².